The molecule has 1 aromatic carbocycles. The number of hydrogen-bond donors (Lipinski definition) is 1. The number of sulfonamides is 1. The van der Waals surface area contributed by atoms with Crippen molar-refractivity contribution in [2.75, 3.05) is 31.6 Å². The van der Waals surface area contributed by atoms with Gasteiger partial charge in [-0.2, -0.15) is 4.31 Å². The van der Waals surface area contributed by atoms with Crippen molar-refractivity contribution in [3.8, 4) is 0 Å². The largest absolute Gasteiger partial charge is 0.438 e. The zero-order valence-electron chi connectivity index (χ0n) is 13.5. The Hall–Kier alpha value is -2.76. The molecule has 1 aliphatic rings. The van der Waals surface area contributed by atoms with Gasteiger partial charge in [-0.1, -0.05) is 0 Å². The predicted octanol–water partition coefficient (Wildman–Crippen LogP) is 1.46. The Balaban J connectivity index is 1.72. The summed E-state index contributed by atoms with van der Waals surface area (Å²) in [5.41, 5.74) is 0.203. The number of hydrogen-bond acceptors (Lipinski definition) is 7. The van der Waals surface area contributed by atoms with Gasteiger partial charge in [0.25, 0.3) is 21.6 Å². The molecule has 0 aliphatic carbocycles. The Morgan fingerprint density at radius 3 is 2.38 bits per heavy atom. The second kappa shape index (κ2) is 7.23. The zero-order valence-corrected chi connectivity index (χ0v) is 14.3. The minimum Gasteiger partial charge on any atom is -0.438 e. The van der Waals surface area contributed by atoms with Gasteiger partial charge < -0.3 is 14.5 Å². The van der Waals surface area contributed by atoms with Crippen LogP contribution in [0.1, 0.15) is 10.6 Å². The molecular weight excluding hydrogens is 366 g/mol. The molecule has 1 aromatic heterocycles. The van der Waals surface area contributed by atoms with E-state index < -0.39 is 20.9 Å². The van der Waals surface area contributed by atoms with Crippen LogP contribution in [0, 0.1) is 10.1 Å². The molecule has 2 aromatic rings. The monoisotopic (exact) mass is 381 g/mol. The lowest BCUT2D eigenvalue weighted by molar-refractivity contribution is -0.384. The standard InChI is InChI=1S/C15H15N3O7S/c19-15(16-11-1-3-12(4-2-11)18(20)21)13-5-6-14(25-13)26(22,23)17-7-9-24-10-8-17/h1-6H,7-10H2,(H,16,19). The Bertz CT molecular complexity index is 915. The van der Waals surface area contributed by atoms with Crippen LogP contribution in [0.4, 0.5) is 11.4 Å². The Labute approximate surface area is 148 Å². The van der Waals surface area contributed by atoms with Gasteiger partial charge in [-0.25, -0.2) is 8.42 Å². The van der Waals surface area contributed by atoms with E-state index in [2.05, 4.69) is 5.32 Å². The molecule has 0 unspecified atom stereocenters. The van der Waals surface area contributed by atoms with Crippen LogP contribution in [0.2, 0.25) is 0 Å². The van der Waals surface area contributed by atoms with Crippen LogP contribution in [0.25, 0.3) is 0 Å². The van der Waals surface area contributed by atoms with Crippen LogP contribution in [0.5, 0.6) is 0 Å². The first kappa shape index (κ1) is 18.0. The Kier molecular flexibility index (Phi) is 5.02. The van der Waals surface area contributed by atoms with Crippen molar-refractivity contribution < 1.29 is 27.3 Å². The molecule has 3 rings (SSSR count). The summed E-state index contributed by atoms with van der Waals surface area (Å²) >= 11 is 0. The van der Waals surface area contributed by atoms with E-state index in [4.69, 9.17) is 9.15 Å². The van der Waals surface area contributed by atoms with Crippen molar-refractivity contribution in [2.24, 2.45) is 0 Å². The summed E-state index contributed by atoms with van der Waals surface area (Å²) in [5, 5.41) is 12.8. The van der Waals surface area contributed by atoms with Gasteiger partial charge in [-0.3, -0.25) is 14.9 Å². The summed E-state index contributed by atoms with van der Waals surface area (Å²) in [7, 11) is -3.83. The van der Waals surface area contributed by atoms with E-state index in [0.717, 1.165) is 0 Å². The van der Waals surface area contributed by atoms with Gasteiger partial charge >= 0.3 is 0 Å². The number of amides is 1. The maximum absolute atomic E-state index is 12.5. The highest BCUT2D eigenvalue weighted by molar-refractivity contribution is 7.89. The smallest absolute Gasteiger partial charge is 0.291 e. The maximum Gasteiger partial charge on any atom is 0.291 e. The van der Waals surface area contributed by atoms with Gasteiger partial charge in [0.05, 0.1) is 18.1 Å². The first-order chi connectivity index (χ1) is 12.4. The van der Waals surface area contributed by atoms with Crippen molar-refractivity contribution in [2.45, 2.75) is 5.09 Å². The van der Waals surface area contributed by atoms with Gasteiger partial charge in [0, 0.05) is 30.9 Å². The molecule has 26 heavy (non-hydrogen) atoms. The number of benzene rings is 1. The molecule has 0 saturated carbocycles. The average molecular weight is 381 g/mol. The maximum atomic E-state index is 12.5. The quantitative estimate of drug-likeness (QED) is 0.612. The number of anilines is 1. The molecule has 2 heterocycles. The van der Waals surface area contributed by atoms with Crippen molar-refractivity contribution >= 4 is 27.3 Å². The lowest BCUT2D eigenvalue weighted by Crippen LogP contribution is -2.40. The number of ether oxygens (including phenoxy) is 1. The first-order valence-electron chi connectivity index (χ1n) is 7.61. The predicted molar refractivity (Wildman–Crippen MR) is 89.3 cm³/mol. The number of morpholine rings is 1. The lowest BCUT2D eigenvalue weighted by atomic mass is 10.3. The molecule has 1 fully saturated rings. The Morgan fingerprint density at radius 2 is 1.77 bits per heavy atom. The first-order valence-corrected chi connectivity index (χ1v) is 9.05. The van der Waals surface area contributed by atoms with Crippen LogP contribution >= 0.6 is 0 Å². The SMILES string of the molecule is O=C(Nc1ccc([N+](=O)[O-])cc1)c1ccc(S(=O)(=O)N2CCOCC2)o1. The number of nitrogens with one attached hydrogen (secondary N) is 1. The molecule has 1 amide bonds. The molecule has 0 radical (unpaired) electrons. The third-order valence-electron chi connectivity index (χ3n) is 3.71. The van der Waals surface area contributed by atoms with Gasteiger partial charge in [0.15, 0.2) is 5.76 Å². The van der Waals surface area contributed by atoms with E-state index in [1.807, 2.05) is 0 Å². The van der Waals surface area contributed by atoms with Crippen molar-refractivity contribution in [3.05, 3.63) is 52.3 Å². The summed E-state index contributed by atoms with van der Waals surface area (Å²) in [4.78, 5) is 22.2. The van der Waals surface area contributed by atoms with Crippen molar-refractivity contribution in [1.82, 2.24) is 4.31 Å². The van der Waals surface area contributed by atoms with Crippen LogP contribution < -0.4 is 5.32 Å². The number of furan rings is 1. The van der Waals surface area contributed by atoms with E-state index >= 15 is 0 Å². The van der Waals surface area contributed by atoms with Crippen molar-refractivity contribution in [3.63, 3.8) is 0 Å². The lowest BCUT2D eigenvalue weighted by Gasteiger charge is -2.24. The van der Waals surface area contributed by atoms with E-state index in [1.165, 1.54) is 40.7 Å². The molecular formula is C15H15N3O7S. The summed E-state index contributed by atoms with van der Waals surface area (Å²) in [5.74, 6) is -0.850. The fraction of sp³-hybridized carbons (Fsp3) is 0.267. The van der Waals surface area contributed by atoms with Crippen molar-refractivity contribution in [1.29, 1.82) is 0 Å². The highest BCUT2D eigenvalue weighted by Gasteiger charge is 2.30. The third-order valence-corrected chi connectivity index (χ3v) is 5.48. The van der Waals surface area contributed by atoms with Gasteiger partial charge in [-0.05, 0) is 24.3 Å². The topological polar surface area (TPSA) is 132 Å². The molecule has 11 heteroatoms. The fourth-order valence-corrected chi connectivity index (χ4v) is 3.67. The zero-order chi connectivity index (χ0) is 18.7. The van der Waals surface area contributed by atoms with E-state index in [1.54, 1.807) is 0 Å². The number of rotatable bonds is 5. The Morgan fingerprint density at radius 1 is 1.12 bits per heavy atom. The molecule has 1 saturated heterocycles. The number of nitro benzene ring substituents is 1. The molecule has 0 bridgehead atoms. The van der Waals surface area contributed by atoms with Crippen LogP contribution in [0.15, 0.2) is 45.9 Å². The second-order valence-electron chi connectivity index (χ2n) is 5.39. The third kappa shape index (κ3) is 3.74. The summed E-state index contributed by atoms with van der Waals surface area (Å²) < 4.78 is 36.5. The summed E-state index contributed by atoms with van der Waals surface area (Å²) in [6.45, 7) is 1.03. The molecule has 0 atom stereocenters. The van der Waals surface area contributed by atoms with Gasteiger partial charge in [-0.15, -0.1) is 0 Å². The molecule has 1 N–H and O–H groups in total. The number of nitro groups is 1. The van der Waals surface area contributed by atoms with Gasteiger partial charge in [0.2, 0.25) is 5.09 Å². The van der Waals surface area contributed by atoms with E-state index in [9.17, 15) is 23.3 Å². The number of carbonyl (C=O) groups is 1. The minimum atomic E-state index is -3.83. The number of nitrogens with zero attached hydrogens (tertiary/aromatic N) is 2. The van der Waals surface area contributed by atoms with E-state index in [0.29, 0.717) is 18.9 Å². The van der Waals surface area contributed by atoms with E-state index in [-0.39, 0.29) is 29.6 Å². The summed E-state index contributed by atoms with van der Waals surface area (Å²) in [6.07, 6.45) is 0. The number of non-ortho nitro benzene ring substituents is 1. The molecule has 0 spiro atoms. The number of carbonyl (C=O) groups excluding carboxylic acids is 1. The second-order valence-corrected chi connectivity index (χ2v) is 7.26. The normalized spacial score (nSPS) is 15.5. The molecule has 10 nitrogen and oxygen atoms in total. The average Bonchev–Trinajstić information content (AvgIpc) is 3.14. The van der Waals surface area contributed by atoms with Gasteiger partial charge in [0.1, 0.15) is 0 Å². The summed E-state index contributed by atoms with van der Waals surface area (Å²) in [6, 6.07) is 7.69. The van der Waals surface area contributed by atoms with Crippen LogP contribution in [0.3, 0.4) is 0 Å². The highest BCUT2D eigenvalue weighted by Crippen LogP contribution is 2.21. The minimum absolute atomic E-state index is 0.111. The molecule has 1 aliphatic heterocycles. The molecule has 138 valence electrons. The fourth-order valence-electron chi connectivity index (χ4n) is 2.35. The van der Waals surface area contributed by atoms with Crippen LogP contribution in [-0.4, -0.2) is 49.9 Å². The van der Waals surface area contributed by atoms with Crippen LogP contribution in [-0.2, 0) is 14.8 Å². The highest BCUT2D eigenvalue weighted by atomic mass is 32.2.